The molecular formula is C16H16BrN3. The van der Waals surface area contributed by atoms with Gasteiger partial charge in [0.2, 0.25) is 5.95 Å². The third kappa shape index (κ3) is 2.70. The van der Waals surface area contributed by atoms with Crippen LogP contribution in [0.25, 0.3) is 11.0 Å². The second kappa shape index (κ2) is 5.67. The second-order valence-corrected chi connectivity index (χ2v) is 5.71. The van der Waals surface area contributed by atoms with E-state index in [0.29, 0.717) is 0 Å². The Morgan fingerprint density at radius 2 is 2.00 bits per heavy atom. The molecule has 0 amide bonds. The molecule has 1 heterocycles. The van der Waals surface area contributed by atoms with Gasteiger partial charge in [-0.05, 0) is 36.2 Å². The van der Waals surface area contributed by atoms with Gasteiger partial charge in [-0.15, -0.1) is 0 Å². The number of hydrogen-bond acceptors (Lipinski definition) is 2. The summed E-state index contributed by atoms with van der Waals surface area (Å²) in [6.45, 7) is 0.869. The summed E-state index contributed by atoms with van der Waals surface area (Å²) < 4.78 is 3.22. The molecule has 0 saturated heterocycles. The van der Waals surface area contributed by atoms with Crippen LogP contribution in [0.15, 0.2) is 53.0 Å². The van der Waals surface area contributed by atoms with E-state index in [1.54, 1.807) is 0 Å². The lowest BCUT2D eigenvalue weighted by Gasteiger charge is -2.06. The zero-order chi connectivity index (χ0) is 13.9. The molecule has 0 unspecified atom stereocenters. The molecule has 0 atom stereocenters. The minimum absolute atomic E-state index is 0.869. The highest BCUT2D eigenvalue weighted by molar-refractivity contribution is 9.10. The van der Waals surface area contributed by atoms with Crippen LogP contribution in [0.5, 0.6) is 0 Å². The van der Waals surface area contributed by atoms with E-state index < -0.39 is 0 Å². The fourth-order valence-electron chi connectivity index (χ4n) is 2.31. The van der Waals surface area contributed by atoms with Gasteiger partial charge in [0.05, 0.1) is 11.0 Å². The number of rotatable bonds is 4. The van der Waals surface area contributed by atoms with Gasteiger partial charge >= 0.3 is 0 Å². The first-order valence-corrected chi connectivity index (χ1v) is 7.43. The minimum atomic E-state index is 0.869. The Morgan fingerprint density at radius 3 is 2.80 bits per heavy atom. The van der Waals surface area contributed by atoms with Crippen molar-refractivity contribution in [3.8, 4) is 0 Å². The van der Waals surface area contributed by atoms with Crippen molar-refractivity contribution in [1.82, 2.24) is 9.55 Å². The third-order valence-corrected chi connectivity index (χ3v) is 3.87. The van der Waals surface area contributed by atoms with Gasteiger partial charge in [0.25, 0.3) is 0 Å². The normalized spacial score (nSPS) is 10.9. The molecule has 3 rings (SSSR count). The van der Waals surface area contributed by atoms with Crippen LogP contribution < -0.4 is 5.32 Å². The van der Waals surface area contributed by atoms with E-state index in [4.69, 9.17) is 0 Å². The molecule has 4 heteroatoms. The topological polar surface area (TPSA) is 29.9 Å². The number of para-hydroxylation sites is 2. The van der Waals surface area contributed by atoms with Crippen LogP contribution in [0.1, 0.15) is 5.56 Å². The molecule has 3 nitrogen and oxygen atoms in total. The summed E-state index contributed by atoms with van der Waals surface area (Å²) in [6.07, 6.45) is 0.975. The molecule has 0 radical (unpaired) electrons. The van der Waals surface area contributed by atoms with Gasteiger partial charge in [0, 0.05) is 18.1 Å². The lowest BCUT2D eigenvalue weighted by atomic mass is 10.1. The average molecular weight is 330 g/mol. The van der Waals surface area contributed by atoms with E-state index >= 15 is 0 Å². The van der Waals surface area contributed by atoms with Crippen molar-refractivity contribution >= 4 is 32.9 Å². The maximum absolute atomic E-state index is 4.60. The Morgan fingerprint density at radius 1 is 1.15 bits per heavy atom. The molecule has 102 valence electrons. The predicted octanol–water partition coefficient (Wildman–Crippen LogP) is 3.99. The molecule has 0 aliphatic heterocycles. The molecular weight excluding hydrogens is 314 g/mol. The Hall–Kier alpha value is -1.81. The van der Waals surface area contributed by atoms with Gasteiger partial charge < -0.3 is 9.88 Å². The number of anilines is 1. The first-order valence-electron chi connectivity index (χ1n) is 6.64. The predicted molar refractivity (Wildman–Crippen MR) is 87.0 cm³/mol. The van der Waals surface area contributed by atoms with E-state index in [9.17, 15) is 0 Å². The van der Waals surface area contributed by atoms with Crippen molar-refractivity contribution in [2.75, 3.05) is 11.9 Å². The van der Waals surface area contributed by atoms with E-state index in [1.165, 1.54) is 5.56 Å². The van der Waals surface area contributed by atoms with Crippen molar-refractivity contribution in [3.05, 3.63) is 58.6 Å². The maximum Gasteiger partial charge on any atom is 0.203 e. The van der Waals surface area contributed by atoms with Gasteiger partial charge in [-0.2, -0.15) is 0 Å². The summed E-state index contributed by atoms with van der Waals surface area (Å²) in [5.74, 6) is 0.918. The first-order chi connectivity index (χ1) is 9.74. The van der Waals surface area contributed by atoms with Crippen molar-refractivity contribution in [2.45, 2.75) is 6.42 Å². The largest absolute Gasteiger partial charge is 0.355 e. The van der Waals surface area contributed by atoms with Gasteiger partial charge in [-0.1, -0.05) is 40.2 Å². The van der Waals surface area contributed by atoms with E-state index in [0.717, 1.165) is 34.4 Å². The van der Waals surface area contributed by atoms with Gasteiger partial charge in [-0.3, -0.25) is 0 Å². The van der Waals surface area contributed by atoms with Crippen molar-refractivity contribution in [2.24, 2.45) is 7.05 Å². The van der Waals surface area contributed by atoms with Gasteiger partial charge in [-0.25, -0.2) is 4.98 Å². The minimum Gasteiger partial charge on any atom is -0.355 e. The Bertz CT molecular complexity index is 733. The molecule has 20 heavy (non-hydrogen) atoms. The molecule has 2 aromatic carbocycles. The van der Waals surface area contributed by atoms with Gasteiger partial charge in [0.15, 0.2) is 0 Å². The Balaban J connectivity index is 1.69. The highest BCUT2D eigenvalue weighted by Gasteiger charge is 2.05. The zero-order valence-corrected chi connectivity index (χ0v) is 12.9. The van der Waals surface area contributed by atoms with Gasteiger partial charge in [0.1, 0.15) is 0 Å². The maximum atomic E-state index is 4.60. The second-order valence-electron chi connectivity index (χ2n) is 4.79. The number of hydrogen-bond donors (Lipinski definition) is 1. The average Bonchev–Trinajstić information content (AvgIpc) is 2.76. The number of nitrogens with one attached hydrogen (secondary N) is 1. The number of nitrogens with zero attached hydrogens (tertiary/aromatic N) is 2. The van der Waals surface area contributed by atoms with E-state index in [2.05, 4.69) is 55.1 Å². The summed E-state index contributed by atoms with van der Waals surface area (Å²) in [7, 11) is 2.04. The summed E-state index contributed by atoms with van der Waals surface area (Å²) in [5, 5.41) is 3.41. The van der Waals surface area contributed by atoms with Crippen LogP contribution in [-0.2, 0) is 13.5 Å². The number of aryl methyl sites for hydroxylation is 1. The highest BCUT2D eigenvalue weighted by Crippen LogP contribution is 2.17. The van der Waals surface area contributed by atoms with Crippen LogP contribution in [0, 0.1) is 0 Å². The summed E-state index contributed by atoms with van der Waals surface area (Å²) in [6, 6.07) is 16.6. The molecule has 0 spiro atoms. The van der Waals surface area contributed by atoms with E-state index in [1.807, 2.05) is 31.3 Å². The third-order valence-electron chi connectivity index (χ3n) is 3.37. The van der Waals surface area contributed by atoms with Crippen molar-refractivity contribution in [1.29, 1.82) is 0 Å². The number of imidazole rings is 1. The molecule has 1 N–H and O–H groups in total. The van der Waals surface area contributed by atoms with Crippen LogP contribution in [0.3, 0.4) is 0 Å². The Kier molecular flexibility index (Phi) is 3.74. The summed E-state index contributed by atoms with van der Waals surface area (Å²) in [4.78, 5) is 4.60. The van der Waals surface area contributed by atoms with Crippen molar-refractivity contribution < 1.29 is 0 Å². The van der Waals surface area contributed by atoms with Crippen molar-refractivity contribution in [3.63, 3.8) is 0 Å². The van der Waals surface area contributed by atoms with Crippen LogP contribution >= 0.6 is 15.9 Å². The lowest BCUT2D eigenvalue weighted by Crippen LogP contribution is -2.08. The van der Waals surface area contributed by atoms with Crippen LogP contribution in [0.4, 0.5) is 5.95 Å². The standard InChI is InChI=1S/C16H16BrN3/c1-20-15-8-3-2-7-14(15)19-16(20)18-10-9-12-5-4-6-13(17)11-12/h2-8,11H,9-10H2,1H3,(H,18,19). The summed E-state index contributed by atoms with van der Waals surface area (Å²) >= 11 is 3.50. The molecule has 3 aromatic rings. The molecule has 0 saturated carbocycles. The number of benzene rings is 2. The monoisotopic (exact) mass is 329 g/mol. The molecule has 0 aliphatic rings. The Labute approximate surface area is 126 Å². The molecule has 0 fully saturated rings. The summed E-state index contributed by atoms with van der Waals surface area (Å²) in [5.41, 5.74) is 3.49. The number of halogens is 1. The number of fused-ring (bicyclic) bond motifs is 1. The van der Waals surface area contributed by atoms with E-state index in [-0.39, 0.29) is 0 Å². The molecule has 1 aromatic heterocycles. The zero-order valence-electron chi connectivity index (χ0n) is 11.3. The van der Waals surface area contributed by atoms with Crippen LogP contribution in [-0.4, -0.2) is 16.1 Å². The number of aromatic nitrogens is 2. The molecule has 0 aliphatic carbocycles. The fraction of sp³-hybridized carbons (Fsp3) is 0.188. The van der Waals surface area contributed by atoms with Crippen LogP contribution in [0.2, 0.25) is 0 Å². The highest BCUT2D eigenvalue weighted by atomic mass is 79.9. The fourth-order valence-corrected chi connectivity index (χ4v) is 2.76. The smallest absolute Gasteiger partial charge is 0.203 e. The first kappa shape index (κ1) is 13.2. The SMILES string of the molecule is Cn1c(NCCc2cccc(Br)c2)nc2ccccc21. The lowest BCUT2D eigenvalue weighted by molar-refractivity contribution is 0.912. The molecule has 0 bridgehead atoms. The quantitative estimate of drug-likeness (QED) is 0.784.